The molecule has 0 unspecified atom stereocenters. The zero-order chi connectivity index (χ0) is 18.8. The number of fused-ring (bicyclic) bond motifs is 1. The molecule has 1 aliphatic heterocycles. The van der Waals surface area contributed by atoms with Gasteiger partial charge in [0.05, 0.1) is 0 Å². The van der Waals surface area contributed by atoms with Gasteiger partial charge >= 0.3 is 0 Å². The van der Waals surface area contributed by atoms with E-state index >= 15 is 0 Å². The van der Waals surface area contributed by atoms with Gasteiger partial charge in [-0.25, -0.2) is 0 Å². The van der Waals surface area contributed by atoms with Gasteiger partial charge in [-0.2, -0.15) is 0 Å². The second-order valence-corrected chi connectivity index (χ2v) is 6.50. The van der Waals surface area contributed by atoms with Crippen molar-refractivity contribution in [2.45, 2.75) is 6.92 Å². The highest BCUT2D eigenvalue weighted by molar-refractivity contribution is 6.02. The highest BCUT2D eigenvalue weighted by Gasteiger charge is 2.23. The maximum Gasteiger partial charge on any atom is 0.131 e. The molecule has 27 heavy (non-hydrogen) atoms. The normalized spacial score (nSPS) is 13.5. The summed E-state index contributed by atoms with van der Waals surface area (Å²) in [6, 6.07) is 20.7. The van der Waals surface area contributed by atoms with Crippen LogP contribution in [0.4, 0.5) is 0 Å². The first-order valence-electron chi connectivity index (χ1n) is 8.87. The second-order valence-electron chi connectivity index (χ2n) is 6.50. The summed E-state index contributed by atoms with van der Waals surface area (Å²) >= 11 is 0. The summed E-state index contributed by atoms with van der Waals surface area (Å²) in [6.45, 7) is 2.39. The molecule has 0 fully saturated rings. The molecule has 0 bridgehead atoms. The van der Waals surface area contributed by atoms with Crippen molar-refractivity contribution < 1.29 is 14.9 Å². The molecule has 3 aromatic rings. The molecule has 0 aliphatic carbocycles. The molecular formula is C24H20O3. The maximum absolute atomic E-state index is 9.84. The Morgan fingerprint density at radius 2 is 1.63 bits per heavy atom. The minimum atomic E-state index is 0.184. The van der Waals surface area contributed by atoms with E-state index in [0.717, 1.165) is 33.4 Å². The van der Waals surface area contributed by atoms with E-state index in [1.165, 1.54) is 0 Å². The molecule has 0 radical (unpaired) electrons. The van der Waals surface area contributed by atoms with Gasteiger partial charge in [-0.05, 0) is 59.5 Å². The number of benzene rings is 3. The predicted octanol–water partition coefficient (Wildman–Crippen LogP) is 5.48. The maximum atomic E-state index is 9.84. The van der Waals surface area contributed by atoms with Gasteiger partial charge in [0.1, 0.15) is 23.9 Å². The Bertz CT molecular complexity index is 1040. The summed E-state index contributed by atoms with van der Waals surface area (Å²) in [5.74, 6) is 1.09. The Balaban J connectivity index is 1.97. The lowest BCUT2D eigenvalue weighted by atomic mass is 9.87. The Labute approximate surface area is 158 Å². The Hall–Kier alpha value is -3.46. The number of hydrogen-bond acceptors (Lipinski definition) is 3. The van der Waals surface area contributed by atoms with Gasteiger partial charge < -0.3 is 14.9 Å². The summed E-state index contributed by atoms with van der Waals surface area (Å²) in [7, 11) is 0. The van der Waals surface area contributed by atoms with Gasteiger partial charge in [-0.1, -0.05) is 42.5 Å². The first-order chi connectivity index (χ1) is 13.2. The fourth-order valence-electron chi connectivity index (χ4n) is 3.43. The highest BCUT2D eigenvalue weighted by Crippen LogP contribution is 2.42. The fraction of sp³-hybridized carbons (Fsp3) is 0.0833. The van der Waals surface area contributed by atoms with Crippen LogP contribution in [0.5, 0.6) is 17.2 Å². The highest BCUT2D eigenvalue weighted by atomic mass is 16.5. The summed E-state index contributed by atoms with van der Waals surface area (Å²) in [5, 5.41) is 19.5. The van der Waals surface area contributed by atoms with Crippen molar-refractivity contribution in [1.29, 1.82) is 0 Å². The van der Waals surface area contributed by atoms with Gasteiger partial charge in [-0.15, -0.1) is 0 Å². The van der Waals surface area contributed by atoms with Gasteiger partial charge in [0.2, 0.25) is 0 Å². The number of hydrogen-bond donors (Lipinski definition) is 2. The standard InChI is InChI=1S/C24H20O3/c1-2-4-16-5-3-6-18(13-16)24-21-12-11-20(26)14-23(21)27-15-22(24)17-7-9-19(25)10-8-17/h2-14,25-26H,15H2,1H3/b4-2+. The fourth-order valence-corrected chi connectivity index (χ4v) is 3.43. The van der Waals surface area contributed by atoms with Crippen molar-refractivity contribution in [3.63, 3.8) is 0 Å². The lowest BCUT2D eigenvalue weighted by Crippen LogP contribution is -2.11. The van der Waals surface area contributed by atoms with Crippen molar-refractivity contribution in [3.05, 3.63) is 95.1 Å². The summed E-state index contributed by atoms with van der Waals surface area (Å²) in [6.07, 6.45) is 4.09. The SMILES string of the molecule is C/C=C/c1cccc(C2=C(c3ccc(O)cc3)COc3cc(O)ccc32)c1. The first-order valence-corrected chi connectivity index (χ1v) is 8.87. The number of phenols is 2. The molecular weight excluding hydrogens is 336 g/mol. The van der Waals surface area contributed by atoms with Gasteiger partial charge in [-0.3, -0.25) is 0 Å². The van der Waals surface area contributed by atoms with Crippen molar-refractivity contribution >= 4 is 17.2 Å². The minimum absolute atomic E-state index is 0.184. The third kappa shape index (κ3) is 3.32. The van der Waals surface area contributed by atoms with Crippen LogP contribution in [0.15, 0.2) is 72.8 Å². The number of allylic oxidation sites excluding steroid dienone is 1. The molecule has 4 rings (SSSR count). The molecule has 0 aromatic heterocycles. The van der Waals surface area contributed by atoms with E-state index in [1.807, 2.05) is 37.3 Å². The van der Waals surface area contributed by atoms with Crippen LogP contribution < -0.4 is 4.74 Å². The van der Waals surface area contributed by atoms with Crippen molar-refractivity contribution in [3.8, 4) is 17.2 Å². The zero-order valence-electron chi connectivity index (χ0n) is 15.0. The first kappa shape index (κ1) is 17.0. The molecule has 2 N–H and O–H groups in total. The van der Waals surface area contributed by atoms with E-state index in [0.29, 0.717) is 12.4 Å². The second kappa shape index (κ2) is 7.04. The van der Waals surface area contributed by atoms with Crippen LogP contribution in [0.1, 0.15) is 29.2 Å². The van der Waals surface area contributed by atoms with Crippen LogP contribution in [0.25, 0.3) is 17.2 Å². The smallest absolute Gasteiger partial charge is 0.131 e. The summed E-state index contributed by atoms with van der Waals surface area (Å²) in [4.78, 5) is 0. The van der Waals surface area contributed by atoms with Crippen LogP contribution in [-0.4, -0.2) is 16.8 Å². The number of phenolic OH excluding ortho intramolecular Hbond substituents is 2. The molecule has 134 valence electrons. The number of ether oxygens (including phenoxy) is 1. The largest absolute Gasteiger partial charge is 0.508 e. The van der Waals surface area contributed by atoms with Crippen LogP contribution in [0, 0.1) is 0 Å². The van der Waals surface area contributed by atoms with E-state index in [4.69, 9.17) is 4.74 Å². The van der Waals surface area contributed by atoms with Crippen molar-refractivity contribution in [1.82, 2.24) is 0 Å². The van der Waals surface area contributed by atoms with Crippen LogP contribution >= 0.6 is 0 Å². The third-order valence-corrected chi connectivity index (χ3v) is 4.66. The van der Waals surface area contributed by atoms with Crippen molar-refractivity contribution in [2.24, 2.45) is 0 Å². The van der Waals surface area contributed by atoms with E-state index in [9.17, 15) is 10.2 Å². The Kier molecular flexibility index (Phi) is 4.43. The third-order valence-electron chi connectivity index (χ3n) is 4.66. The predicted molar refractivity (Wildman–Crippen MR) is 109 cm³/mol. The zero-order valence-corrected chi connectivity index (χ0v) is 15.0. The average molecular weight is 356 g/mol. The van der Waals surface area contributed by atoms with Gasteiger partial charge in [0.25, 0.3) is 0 Å². The molecule has 1 heterocycles. The van der Waals surface area contributed by atoms with Crippen molar-refractivity contribution in [2.75, 3.05) is 6.61 Å². The van der Waals surface area contributed by atoms with Crippen LogP contribution in [-0.2, 0) is 0 Å². The molecule has 3 heteroatoms. The number of rotatable bonds is 3. The molecule has 0 atom stereocenters. The molecule has 0 saturated heterocycles. The van der Waals surface area contributed by atoms with E-state index in [1.54, 1.807) is 24.3 Å². The lowest BCUT2D eigenvalue weighted by molar-refractivity contribution is 0.361. The number of aromatic hydroxyl groups is 2. The van der Waals surface area contributed by atoms with E-state index in [-0.39, 0.29) is 11.5 Å². The molecule has 0 spiro atoms. The summed E-state index contributed by atoms with van der Waals surface area (Å²) in [5.41, 5.74) is 6.28. The van der Waals surface area contributed by atoms with Crippen LogP contribution in [0.2, 0.25) is 0 Å². The lowest BCUT2D eigenvalue weighted by Gasteiger charge is -2.25. The molecule has 1 aliphatic rings. The molecule has 0 saturated carbocycles. The van der Waals surface area contributed by atoms with Crippen LogP contribution in [0.3, 0.4) is 0 Å². The minimum Gasteiger partial charge on any atom is -0.508 e. The Morgan fingerprint density at radius 3 is 2.41 bits per heavy atom. The molecule has 3 aromatic carbocycles. The van der Waals surface area contributed by atoms with E-state index in [2.05, 4.69) is 24.3 Å². The Morgan fingerprint density at radius 1 is 0.852 bits per heavy atom. The quantitative estimate of drug-likeness (QED) is 0.653. The molecule has 3 nitrogen and oxygen atoms in total. The topological polar surface area (TPSA) is 49.7 Å². The monoisotopic (exact) mass is 356 g/mol. The van der Waals surface area contributed by atoms with E-state index < -0.39 is 0 Å². The van der Waals surface area contributed by atoms with Gasteiger partial charge in [0, 0.05) is 17.2 Å². The average Bonchev–Trinajstić information content (AvgIpc) is 2.68. The van der Waals surface area contributed by atoms with Gasteiger partial charge in [0.15, 0.2) is 0 Å². The molecule has 0 amide bonds. The summed E-state index contributed by atoms with van der Waals surface area (Å²) < 4.78 is 5.94.